The van der Waals surface area contributed by atoms with Gasteiger partial charge in [-0.25, -0.2) is 4.79 Å². The van der Waals surface area contributed by atoms with Crippen molar-refractivity contribution in [3.63, 3.8) is 0 Å². The zero-order chi connectivity index (χ0) is 15.1. The lowest BCUT2D eigenvalue weighted by Gasteiger charge is -2.19. The fourth-order valence-electron chi connectivity index (χ4n) is 1.50. The van der Waals surface area contributed by atoms with Crippen molar-refractivity contribution >= 4 is 23.2 Å². The maximum Gasteiger partial charge on any atom is 0.328 e. The molecule has 6 heteroatoms. The molecule has 1 rings (SSSR count). The summed E-state index contributed by atoms with van der Waals surface area (Å²) in [7, 11) is 1.30. The lowest BCUT2D eigenvalue weighted by atomic mass is 10.0. The quantitative estimate of drug-likeness (QED) is 0.641. The molecule has 0 saturated heterocycles. The monoisotopic (exact) mass is 294 g/mol. The number of nitrogens with one attached hydrogen (secondary N) is 1. The Bertz CT molecular complexity index is 540. The molecule has 0 saturated carbocycles. The van der Waals surface area contributed by atoms with E-state index in [0.717, 1.165) is 4.88 Å². The van der Waals surface area contributed by atoms with Gasteiger partial charge in [0.1, 0.15) is 6.04 Å². The van der Waals surface area contributed by atoms with Crippen molar-refractivity contribution in [1.29, 1.82) is 0 Å². The van der Waals surface area contributed by atoms with E-state index in [1.807, 2.05) is 13.8 Å². The normalized spacial score (nSPS) is 11.4. The van der Waals surface area contributed by atoms with Crippen LogP contribution in [0.3, 0.4) is 0 Å². The number of carbonyl (C=O) groups excluding carboxylic acids is 2. The van der Waals surface area contributed by atoms with Crippen LogP contribution in [0.4, 0.5) is 0 Å². The van der Waals surface area contributed by atoms with E-state index in [0.29, 0.717) is 4.88 Å². The first kappa shape index (κ1) is 16.2. The number of nitrogens with two attached hydrogens (primary N) is 1. The Morgan fingerprint density at radius 1 is 1.45 bits per heavy atom. The van der Waals surface area contributed by atoms with Crippen molar-refractivity contribution in [2.24, 2.45) is 11.7 Å². The van der Waals surface area contributed by atoms with Crippen molar-refractivity contribution in [2.75, 3.05) is 13.7 Å². The second kappa shape index (κ2) is 7.68. The first-order chi connectivity index (χ1) is 9.49. The van der Waals surface area contributed by atoms with Gasteiger partial charge in [-0.15, -0.1) is 11.3 Å². The van der Waals surface area contributed by atoms with E-state index in [4.69, 9.17) is 5.73 Å². The molecule has 1 unspecified atom stereocenters. The predicted octanol–water partition coefficient (Wildman–Crippen LogP) is 0.986. The average Bonchev–Trinajstić information content (AvgIpc) is 2.89. The van der Waals surface area contributed by atoms with Crippen molar-refractivity contribution in [2.45, 2.75) is 19.9 Å². The Morgan fingerprint density at radius 2 is 2.15 bits per heavy atom. The van der Waals surface area contributed by atoms with E-state index in [2.05, 4.69) is 21.9 Å². The number of hydrogen-bond acceptors (Lipinski definition) is 5. The summed E-state index contributed by atoms with van der Waals surface area (Å²) >= 11 is 1.26. The van der Waals surface area contributed by atoms with Crippen molar-refractivity contribution < 1.29 is 14.3 Å². The first-order valence-corrected chi connectivity index (χ1v) is 6.98. The van der Waals surface area contributed by atoms with E-state index >= 15 is 0 Å². The second-order valence-corrected chi connectivity index (χ2v) is 5.47. The molecule has 0 bridgehead atoms. The Labute approximate surface area is 122 Å². The van der Waals surface area contributed by atoms with Gasteiger partial charge >= 0.3 is 5.97 Å². The van der Waals surface area contributed by atoms with Gasteiger partial charge in [-0.1, -0.05) is 25.7 Å². The van der Waals surface area contributed by atoms with Gasteiger partial charge in [0.05, 0.1) is 23.4 Å². The topological polar surface area (TPSA) is 81.4 Å². The molecule has 1 amide bonds. The summed E-state index contributed by atoms with van der Waals surface area (Å²) < 4.78 is 4.68. The van der Waals surface area contributed by atoms with Gasteiger partial charge in [-0.3, -0.25) is 4.79 Å². The number of methoxy groups -OCH3 is 1. The fourth-order valence-corrected chi connectivity index (χ4v) is 2.29. The average molecular weight is 294 g/mol. The van der Waals surface area contributed by atoms with Crippen LogP contribution in [0.1, 0.15) is 28.4 Å². The van der Waals surface area contributed by atoms with Crippen LogP contribution in [0.15, 0.2) is 12.1 Å². The standard InChI is InChI=1S/C14H18N2O3S/c1-9(2)12(14(18)19-3)16-13(17)11-7-6-10(20-11)5-4-8-15/h6-7,9,12H,8,15H2,1-3H3,(H,16,17). The highest BCUT2D eigenvalue weighted by Crippen LogP contribution is 2.16. The Balaban J connectivity index is 2.79. The molecule has 5 nitrogen and oxygen atoms in total. The molecular formula is C14H18N2O3S. The zero-order valence-corrected chi connectivity index (χ0v) is 12.5. The van der Waals surface area contributed by atoms with E-state index < -0.39 is 12.0 Å². The summed E-state index contributed by atoms with van der Waals surface area (Å²) in [6.45, 7) is 3.96. The predicted molar refractivity (Wildman–Crippen MR) is 78.4 cm³/mol. The number of esters is 1. The third-order valence-corrected chi connectivity index (χ3v) is 3.55. The molecule has 0 radical (unpaired) electrons. The van der Waals surface area contributed by atoms with Crippen LogP contribution in [0, 0.1) is 17.8 Å². The summed E-state index contributed by atoms with van der Waals surface area (Å²) in [6, 6.07) is 2.77. The summed E-state index contributed by atoms with van der Waals surface area (Å²) in [6.07, 6.45) is 0. The first-order valence-electron chi connectivity index (χ1n) is 6.17. The highest BCUT2D eigenvalue weighted by Gasteiger charge is 2.25. The van der Waals surface area contributed by atoms with Crippen LogP contribution in [0.25, 0.3) is 0 Å². The molecule has 1 aromatic rings. The van der Waals surface area contributed by atoms with Gasteiger partial charge in [-0.2, -0.15) is 0 Å². The summed E-state index contributed by atoms with van der Waals surface area (Å²) in [5.74, 6) is 4.78. The number of rotatable bonds is 4. The summed E-state index contributed by atoms with van der Waals surface area (Å²) in [4.78, 5) is 24.9. The molecule has 0 aromatic carbocycles. The lowest BCUT2D eigenvalue weighted by molar-refractivity contribution is -0.144. The molecule has 0 aliphatic carbocycles. The van der Waals surface area contributed by atoms with Gasteiger partial charge in [0.2, 0.25) is 0 Å². The molecule has 1 heterocycles. The fraction of sp³-hybridized carbons (Fsp3) is 0.429. The minimum absolute atomic E-state index is 0.0529. The molecule has 0 aliphatic rings. The Morgan fingerprint density at radius 3 is 2.70 bits per heavy atom. The van der Waals surface area contributed by atoms with E-state index in [9.17, 15) is 9.59 Å². The maximum atomic E-state index is 12.1. The van der Waals surface area contributed by atoms with E-state index in [1.54, 1.807) is 12.1 Å². The number of carbonyl (C=O) groups is 2. The number of ether oxygens (including phenoxy) is 1. The van der Waals surface area contributed by atoms with Crippen LogP contribution >= 0.6 is 11.3 Å². The smallest absolute Gasteiger partial charge is 0.328 e. The van der Waals surface area contributed by atoms with Gasteiger partial charge in [0.15, 0.2) is 0 Å². The highest BCUT2D eigenvalue weighted by atomic mass is 32.1. The van der Waals surface area contributed by atoms with Crippen LogP contribution in [-0.2, 0) is 9.53 Å². The van der Waals surface area contributed by atoms with Crippen LogP contribution in [0.5, 0.6) is 0 Å². The molecule has 0 aliphatic heterocycles. The lowest BCUT2D eigenvalue weighted by Crippen LogP contribution is -2.44. The van der Waals surface area contributed by atoms with Crippen LogP contribution < -0.4 is 11.1 Å². The van der Waals surface area contributed by atoms with Gasteiger partial charge in [0, 0.05) is 0 Å². The molecule has 1 atom stereocenters. The molecule has 3 N–H and O–H groups in total. The SMILES string of the molecule is COC(=O)C(NC(=O)c1ccc(C#CCN)s1)C(C)C. The largest absolute Gasteiger partial charge is 0.467 e. The van der Waals surface area contributed by atoms with Crippen molar-refractivity contribution in [3.8, 4) is 11.8 Å². The molecule has 0 fully saturated rings. The minimum Gasteiger partial charge on any atom is -0.467 e. The van der Waals surface area contributed by atoms with Gasteiger partial charge in [0.25, 0.3) is 5.91 Å². The second-order valence-electron chi connectivity index (χ2n) is 4.39. The molecule has 0 spiro atoms. The molecule has 108 valence electrons. The number of amides is 1. The molecule has 20 heavy (non-hydrogen) atoms. The van der Waals surface area contributed by atoms with Crippen LogP contribution in [-0.4, -0.2) is 31.6 Å². The Kier molecular flexibility index (Phi) is 6.22. The third kappa shape index (κ3) is 4.37. The van der Waals surface area contributed by atoms with Crippen molar-refractivity contribution in [1.82, 2.24) is 5.32 Å². The third-order valence-electron chi connectivity index (χ3n) is 2.55. The highest BCUT2D eigenvalue weighted by molar-refractivity contribution is 7.14. The van der Waals surface area contributed by atoms with E-state index in [-0.39, 0.29) is 18.4 Å². The van der Waals surface area contributed by atoms with Crippen molar-refractivity contribution in [3.05, 3.63) is 21.9 Å². The van der Waals surface area contributed by atoms with Crippen LogP contribution in [0.2, 0.25) is 0 Å². The van der Waals surface area contributed by atoms with Gasteiger partial charge in [-0.05, 0) is 18.1 Å². The number of hydrogen-bond donors (Lipinski definition) is 2. The minimum atomic E-state index is -0.659. The molecular weight excluding hydrogens is 276 g/mol. The number of thiophene rings is 1. The molecule has 1 aromatic heterocycles. The van der Waals surface area contributed by atoms with Gasteiger partial charge < -0.3 is 15.8 Å². The van der Waals surface area contributed by atoms with E-state index in [1.165, 1.54) is 18.4 Å². The Hall–Kier alpha value is -1.84. The maximum absolute atomic E-state index is 12.1. The summed E-state index contributed by atoms with van der Waals surface area (Å²) in [5.41, 5.74) is 5.29. The summed E-state index contributed by atoms with van der Waals surface area (Å²) in [5, 5.41) is 2.68. The zero-order valence-electron chi connectivity index (χ0n) is 11.7.